The van der Waals surface area contributed by atoms with Crippen molar-refractivity contribution in [1.29, 1.82) is 0 Å². The topological polar surface area (TPSA) is 64.6 Å². The lowest BCUT2D eigenvalue weighted by Gasteiger charge is -2.26. The van der Waals surface area contributed by atoms with Crippen LogP contribution in [0.4, 0.5) is 4.79 Å². The van der Waals surface area contributed by atoms with Crippen LogP contribution in [0.3, 0.4) is 0 Å². The first-order valence-electron chi connectivity index (χ1n) is 10.0. The summed E-state index contributed by atoms with van der Waals surface area (Å²) in [4.78, 5) is 22.9. The van der Waals surface area contributed by atoms with E-state index in [2.05, 4.69) is 18.5 Å². The third-order valence-electron chi connectivity index (χ3n) is 4.58. The molecule has 5 heteroatoms. The average Bonchev–Trinajstić information content (AvgIpc) is 2.64. The van der Waals surface area contributed by atoms with Gasteiger partial charge >= 0.3 is 12.1 Å². The predicted molar refractivity (Wildman–Crippen MR) is 117 cm³/mol. The number of allylic oxidation sites excluding steroid dienone is 2. The van der Waals surface area contributed by atoms with E-state index < -0.39 is 5.60 Å². The Hall–Kier alpha value is -2.56. The van der Waals surface area contributed by atoms with Crippen LogP contribution in [0, 0.1) is 6.92 Å². The Balaban J connectivity index is 0.000000291. The molecule has 0 spiro atoms. The normalized spacial score (nSPS) is 14.3. The number of methoxy groups -OCH3 is 1. The lowest BCUT2D eigenvalue weighted by molar-refractivity contribution is 0.0495. The zero-order chi connectivity index (χ0) is 22.0. The molecule has 5 nitrogen and oxygen atoms in total. The van der Waals surface area contributed by atoms with Gasteiger partial charge < -0.3 is 14.8 Å². The molecule has 29 heavy (non-hydrogen) atoms. The monoisotopic (exact) mass is 401 g/mol. The van der Waals surface area contributed by atoms with Crippen molar-refractivity contribution in [3.63, 3.8) is 0 Å². The van der Waals surface area contributed by atoms with E-state index in [9.17, 15) is 9.59 Å². The summed E-state index contributed by atoms with van der Waals surface area (Å²) in [5.74, 6) is -0.287. The molecule has 0 aromatic heterocycles. The maximum absolute atomic E-state index is 11.5. The van der Waals surface area contributed by atoms with Crippen LogP contribution in [0.15, 0.2) is 43.0 Å². The molecule has 0 saturated heterocycles. The van der Waals surface area contributed by atoms with Gasteiger partial charge in [-0.15, -0.1) is 6.58 Å². The molecule has 0 bridgehead atoms. The lowest BCUT2D eigenvalue weighted by atomic mass is 9.92. The molecule has 2 rings (SSSR count). The summed E-state index contributed by atoms with van der Waals surface area (Å²) in [5, 5.41) is 2.89. The fourth-order valence-corrected chi connectivity index (χ4v) is 3.06. The Morgan fingerprint density at radius 3 is 2.38 bits per heavy atom. The number of hydrogen-bond donors (Lipinski definition) is 1. The molecule has 1 fully saturated rings. The van der Waals surface area contributed by atoms with Gasteiger partial charge in [-0.05, 0) is 77.0 Å². The van der Waals surface area contributed by atoms with Crippen molar-refractivity contribution in [2.75, 3.05) is 7.11 Å². The summed E-state index contributed by atoms with van der Waals surface area (Å²) in [7, 11) is 1.39. The van der Waals surface area contributed by atoms with Crippen molar-refractivity contribution >= 4 is 12.1 Å². The zero-order valence-corrected chi connectivity index (χ0v) is 18.5. The fourth-order valence-electron chi connectivity index (χ4n) is 3.06. The molecular weight excluding hydrogens is 366 g/mol. The minimum absolute atomic E-state index is 0.255. The minimum atomic E-state index is -0.414. The number of nitrogens with one attached hydrogen (secondary N) is 1. The molecule has 1 amide bonds. The van der Waals surface area contributed by atoms with E-state index in [0.29, 0.717) is 12.0 Å². The van der Waals surface area contributed by atoms with Crippen molar-refractivity contribution in [3.8, 4) is 0 Å². The van der Waals surface area contributed by atoms with Gasteiger partial charge in [0, 0.05) is 6.04 Å². The van der Waals surface area contributed by atoms with E-state index in [1.54, 1.807) is 12.1 Å². The average molecular weight is 402 g/mol. The predicted octanol–water partition coefficient (Wildman–Crippen LogP) is 5.52. The molecule has 0 heterocycles. The number of aryl methyl sites for hydroxylation is 1. The van der Waals surface area contributed by atoms with E-state index in [1.807, 2.05) is 39.8 Å². The third kappa shape index (κ3) is 8.99. The number of esters is 1. The Bertz CT molecular complexity index is 721. The highest BCUT2D eigenvalue weighted by atomic mass is 16.6. The maximum Gasteiger partial charge on any atom is 0.407 e. The van der Waals surface area contributed by atoms with E-state index in [-0.39, 0.29) is 18.1 Å². The van der Waals surface area contributed by atoms with Crippen LogP contribution in [0.25, 0.3) is 0 Å². The first-order chi connectivity index (χ1) is 13.6. The molecular formula is C24H35NO4. The highest BCUT2D eigenvalue weighted by Gasteiger charge is 2.21. The number of benzene rings is 1. The van der Waals surface area contributed by atoms with Gasteiger partial charge in [0.25, 0.3) is 0 Å². The molecule has 0 unspecified atom stereocenters. The van der Waals surface area contributed by atoms with E-state index in [0.717, 1.165) is 36.8 Å². The van der Waals surface area contributed by atoms with Crippen LogP contribution < -0.4 is 5.32 Å². The number of carbonyl (C=O) groups excluding carboxylic acids is 2. The molecule has 0 radical (unpaired) electrons. The highest BCUT2D eigenvalue weighted by molar-refractivity contribution is 5.91. The summed E-state index contributed by atoms with van der Waals surface area (Å²) in [6, 6.07) is 5.86. The minimum Gasteiger partial charge on any atom is -0.465 e. The van der Waals surface area contributed by atoms with Crippen LogP contribution in [-0.2, 0) is 15.9 Å². The summed E-state index contributed by atoms with van der Waals surface area (Å²) in [6.45, 7) is 15.2. The molecule has 0 aliphatic heterocycles. The molecule has 1 aromatic rings. The van der Waals surface area contributed by atoms with Crippen LogP contribution in [-0.4, -0.2) is 30.8 Å². The number of ether oxygens (including phenoxy) is 2. The second-order valence-corrected chi connectivity index (χ2v) is 8.26. The van der Waals surface area contributed by atoms with Crippen LogP contribution >= 0.6 is 0 Å². The van der Waals surface area contributed by atoms with Crippen molar-refractivity contribution in [2.45, 2.75) is 71.4 Å². The Morgan fingerprint density at radius 2 is 1.86 bits per heavy atom. The van der Waals surface area contributed by atoms with Gasteiger partial charge in [-0.1, -0.05) is 30.4 Å². The third-order valence-corrected chi connectivity index (χ3v) is 4.58. The second-order valence-electron chi connectivity index (χ2n) is 8.26. The smallest absolute Gasteiger partial charge is 0.407 e. The van der Waals surface area contributed by atoms with Crippen molar-refractivity contribution in [2.24, 2.45) is 0 Å². The van der Waals surface area contributed by atoms with Crippen LogP contribution in [0.5, 0.6) is 0 Å². The summed E-state index contributed by atoms with van der Waals surface area (Å²) in [6.07, 6.45) is 6.17. The fraction of sp³-hybridized carbons (Fsp3) is 0.500. The molecule has 160 valence electrons. The molecule has 1 aromatic carbocycles. The number of carbonyl (C=O) groups is 2. The Kier molecular flexibility index (Phi) is 9.66. The number of alkyl carbamates (subject to hydrolysis) is 1. The van der Waals surface area contributed by atoms with Crippen molar-refractivity contribution in [1.82, 2.24) is 5.32 Å². The van der Waals surface area contributed by atoms with Gasteiger partial charge in [0.2, 0.25) is 0 Å². The van der Waals surface area contributed by atoms with Crippen LogP contribution in [0.2, 0.25) is 0 Å². The quantitative estimate of drug-likeness (QED) is 0.533. The summed E-state index contributed by atoms with van der Waals surface area (Å²) >= 11 is 0. The van der Waals surface area contributed by atoms with Crippen molar-refractivity contribution in [3.05, 3.63) is 59.7 Å². The molecule has 1 N–H and O–H groups in total. The zero-order valence-electron chi connectivity index (χ0n) is 18.5. The van der Waals surface area contributed by atoms with Gasteiger partial charge in [0.15, 0.2) is 0 Å². The second kappa shape index (κ2) is 11.4. The summed E-state index contributed by atoms with van der Waals surface area (Å²) < 4.78 is 9.90. The van der Waals surface area contributed by atoms with Crippen LogP contribution in [0.1, 0.15) is 67.9 Å². The van der Waals surface area contributed by atoms with E-state index in [4.69, 9.17) is 9.47 Å². The Labute approximate surface area is 175 Å². The largest absolute Gasteiger partial charge is 0.465 e. The number of rotatable bonds is 4. The molecule has 1 saturated carbocycles. The summed E-state index contributed by atoms with van der Waals surface area (Å²) in [5.41, 5.74) is 3.59. The molecule has 1 aliphatic carbocycles. The molecule has 1 aliphatic rings. The SMILES string of the molecule is C=C1CCC(NC(=O)OC(C)(C)C)CC1.C=CCc1c(C)cccc1C(=O)OC. The first kappa shape index (κ1) is 24.5. The highest BCUT2D eigenvalue weighted by Crippen LogP contribution is 2.22. The first-order valence-corrected chi connectivity index (χ1v) is 10.0. The van der Waals surface area contributed by atoms with Gasteiger partial charge in [0.1, 0.15) is 5.60 Å². The van der Waals surface area contributed by atoms with E-state index >= 15 is 0 Å². The van der Waals surface area contributed by atoms with Crippen molar-refractivity contribution < 1.29 is 19.1 Å². The number of amides is 1. The van der Waals surface area contributed by atoms with Gasteiger partial charge in [-0.25, -0.2) is 9.59 Å². The number of hydrogen-bond acceptors (Lipinski definition) is 4. The standard InChI is InChI=1S/C12H21NO2.C12H14O2/c1-9-5-7-10(8-6-9)13-11(14)15-12(2,3)4;1-4-6-10-9(2)7-5-8-11(10)12(13)14-3/h10H,1,5-8H2,2-4H3,(H,13,14);4-5,7-8H,1,6H2,2-3H3. The van der Waals surface area contributed by atoms with Gasteiger partial charge in [-0.2, -0.15) is 0 Å². The Morgan fingerprint density at radius 1 is 1.24 bits per heavy atom. The van der Waals surface area contributed by atoms with E-state index in [1.165, 1.54) is 12.7 Å². The maximum atomic E-state index is 11.5. The van der Waals surface area contributed by atoms with Gasteiger partial charge in [0.05, 0.1) is 12.7 Å². The van der Waals surface area contributed by atoms with Gasteiger partial charge in [-0.3, -0.25) is 0 Å². The lowest BCUT2D eigenvalue weighted by Crippen LogP contribution is -2.40. The molecule has 0 atom stereocenters.